The predicted octanol–water partition coefficient (Wildman–Crippen LogP) is 5.03. The van der Waals surface area contributed by atoms with Gasteiger partial charge >= 0.3 is 0 Å². The van der Waals surface area contributed by atoms with E-state index >= 15 is 0 Å². The monoisotopic (exact) mass is 488 g/mol. The number of hydrogen-bond donors (Lipinski definition) is 1. The van der Waals surface area contributed by atoms with E-state index in [1.165, 1.54) is 0 Å². The van der Waals surface area contributed by atoms with Gasteiger partial charge < -0.3 is 9.73 Å². The molecule has 1 saturated heterocycles. The highest BCUT2D eigenvalue weighted by atomic mass is 35.5. The van der Waals surface area contributed by atoms with Crippen LogP contribution in [0, 0.1) is 18.8 Å². The average molecular weight is 489 g/mol. The molecule has 0 aliphatic carbocycles. The summed E-state index contributed by atoms with van der Waals surface area (Å²) >= 11 is 5.91. The zero-order chi connectivity index (χ0) is 23.8. The van der Waals surface area contributed by atoms with Crippen LogP contribution in [-0.4, -0.2) is 38.3 Å². The lowest BCUT2D eigenvalue weighted by atomic mass is 9.94. The van der Waals surface area contributed by atoms with E-state index in [0.29, 0.717) is 59.4 Å². The highest BCUT2D eigenvalue weighted by Crippen LogP contribution is 2.31. The number of carbonyl (C=O) groups excluding carboxylic acids is 1. The number of hydrogen-bond acceptors (Lipinski definition) is 4. The minimum atomic E-state index is -3.61. The van der Waals surface area contributed by atoms with Crippen molar-refractivity contribution in [2.45, 2.75) is 38.5 Å². The van der Waals surface area contributed by atoms with E-state index in [1.54, 1.807) is 29.4 Å². The van der Waals surface area contributed by atoms with E-state index < -0.39 is 10.0 Å². The van der Waals surface area contributed by atoms with E-state index in [0.717, 1.165) is 12.0 Å². The van der Waals surface area contributed by atoms with Crippen LogP contribution < -0.4 is 5.32 Å². The minimum Gasteiger partial charge on any atom is -0.451 e. The van der Waals surface area contributed by atoms with E-state index in [-0.39, 0.29) is 16.6 Å². The number of aryl methyl sites for hydroxylation is 1. The number of rotatable bonds is 6. The molecule has 0 radical (unpaired) electrons. The Balaban J connectivity index is 1.51. The largest absolute Gasteiger partial charge is 0.451 e. The third-order valence-electron chi connectivity index (χ3n) is 6.20. The molecule has 0 unspecified atom stereocenters. The third-order valence-corrected chi connectivity index (χ3v) is 8.28. The van der Waals surface area contributed by atoms with Gasteiger partial charge in [-0.3, -0.25) is 4.79 Å². The molecule has 0 spiro atoms. The second-order valence-corrected chi connectivity index (χ2v) is 11.5. The molecule has 6 nitrogen and oxygen atoms in total. The minimum absolute atomic E-state index is 0.205. The van der Waals surface area contributed by atoms with Crippen molar-refractivity contribution < 1.29 is 17.6 Å². The van der Waals surface area contributed by atoms with Crippen molar-refractivity contribution >= 4 is 38.5 Å². The topological polar surface area (TPSA) is 79.6 Å². The standard InChI is InChI=1S/C25H29ClN2O4S/c1-16-12-17(2)15-28(14-16)33(30,31)21-8-9-23-22(13-21)18(3)24(32-23)25(29)27-11-10-19-4-6-20(26)7-5-19/h4-9,13,16-17H,10-12,14-15H2,1-3H3,(H,27,29)/t16-,17-/m1/s1. The van der Waals surface area contributed by atoms with Crippen LogP contribution in [0.1, 0.15) is 41.9 Å². The second kappa shape index (κ2) is 9.49. The van der Waals surface area contributed by atoms with Gasteiger partial charge in [0.1, 0.15) is 5.58 Å². The van der Waals surface area contributed by atoms with Crippen LogP contribution in [0.4, 0.5) is 0 Å². The van der Waals surface area contributed by atoms with E-state index in [9.17, 15) is 13.2 Å². The summed E-state index contributed by atoms with van der Waals surface area (Å²) in [6.07, 6.45) is 1.69. The van der Waals surface area contributed by atoms with Gasteiger partial charge in [-0.25, -0.2) is 8.42 Å². The van der Waals surface area contributed by atoms with Crippen molar-refractivity contribution in [2.75, 3.05) is 19.6 Å². The molecule has 1 aliphatic rings. The number of piperidine rings is 1. The maximum absolute atomic E-state index is 13.3. The summed E-state index contributed by atoms with van der Waals surface area (Å²) in [5.74, 6) is 0.536. The number of nitrogens with one attached hydrogen (secondary N) is 1. The SMILES string of the molecule is Cc1c(C(=O)NCCc2ccc(Cl)cc2)oc2ccc(S(=O)(=O)N3C[C@H](C)C[C@@H](C)C3)cc12. The Bertz CT molecular complexity index is 1260. The summed E-state index contributed by atoms with van der Waals surface area (Å²) in [5.41, 5.74) is 2.19. The normalized spacial score (nSPS) is 19.6. The van der Waals surface area contributed by atoms with Crippen LogP contribution in [-0.2, 0) is 16.4 Å². The van der Waals surface area contributed by atoms with Gasteiger partial charge in [-0.1, -0.05) is 37.6 Å². The molecule has 33 heavy (non-hydrogen) atoms. The van der Waals surface area contributed by atoms with Gasteiger partial charge in [0, 0.05) is 35.6 Å². The van der Waals surface area contributed by atoms with Crippen molar-refractivity contribution in [1.82, 2.24) is 9.62 Å². The maximum Gasteiger partial charge on any atom is 0.287 e. The van der Waals surface area contributed by atoms with Crippen LogP contribution >= 0.6 is 11.6 Å². The third kappa shape index (κ3) is 5.10. The highest BCUT2D eigenvalue weighted by Gasteiger charge is 2.32. The summed E-state index contributed by atoms with van der Waals surface area (Å²) < 4.78 is 33.9. The van der Waals surface area contributed by atoms with Crippen molar-refractivity contribution in [3.8, 4) is 0 Å². The van der Waals surface area contributed by atoms with Gasteiger partial charge in [-0.05, 0) is 67.5 Å². The number of furan rings is 1. The zero-order valence-electron chi connectivity index (χ0n) is 19.1. The molecule has 8 heteroatoms. The molecular formula is C25H29ClN2O4S. The molecule has 2 atom stereocenters. The fraction of sp³-hybridized carbons (Fsp3) is 0.400. The number of halogens is 1. The first-order valence-electron chi connectivity index (χ1n) is 11.2. The fourth-order valence-electron chi connectivity index (χ4n) is 4.58. The predicted molar refractivity (Wildman–Crippen MR) is 130 cm³/mol. The molecule has 2 aromatic carbocycles. The zero-order valence-corrected chi connectivity index (χ0v) is 20.7. The lowest BCUT2D eigenvalue weighted by Gasteiger charge is -2.34. The summed E-state index contributed by atoms with van der Waals surface area (Å²) in [7, 11) is -3.61. The molecule has 1 amide bonds. The second-order valence-electron chi connectivity index (χ2n) is 9.11. The first-order chi connectivity index (χ1) is 15.6. The highest BCUT2D eigenvalue weighted by molar-refractivity contribution is 7.89. The summed E-state index contributed by atoms with van der Waals surface area (Å²) in [6, 6.07) is 12.3. The Kier molecular flexibility index (Phi) is 6.84. The molecule has 1 fully saturated rings. The summed E-state index contributed by atoms with van der Waals surface area (Å²) in [4.78, 5) is 13.0. The van der Waals surface area contributed by atoms with Crippen LogP contribution in [0.2, 0.25) is 5.02 Å². The van der Waals surface area contributed by atoms with Crippen molar-refractivity contribution in [3.63, 3.8) is 0 Å². The van der Waals surface area contributed by atoms with Crippen molar-refractivity contribution in [2.24, 2.45) is 11.8 Å². The molecule has 1 aliphatic heterocycles. The fourth-order valence-corrected chi connectivity index (χ4v) is 6.41. The molecule has 0 saturated carbocycles. The number of benzene rings is 2. The first kappa shape index (κ1) is 23.8. The van der Waals surface area contributed by atoms with Gasteiger partial charge in [0.2, 0.25) is 10.0 Å². The summed E-state index contributed by atoms with van der Waals surface area (Å²) in [6.45, 7) is 7.44. The average Bonchev–Trinajstić information content (AvgIpc) is 3.10. The molecule has 176 valence electrons. The molecule has 4 rings (SSSR count). The lowest BCUT2D eigenvalue weighted by molar-refractivity contribution is 0.0927. The van der Waals surface area contributed by atoms with Gasteiger partial charge in [-0.15, -0.1) is 0 Å². The van der Waals surface area contributed by atoms with Crippen molar-refractivity contribution in [1.29, 1.82) is 0 Å². The van der Waals surface area contributed by atoms with E-state index in [2.05, 4.69) is 19.2 Å². The van der Waals surface area contributed by atoms with Gasteiger partial charge in [-0.2, -0.15) is 4.31 Å². The first-order valence-corrected chi connectivity index (χ1v) is 13.0. The number of carbonyl (C=O) groups is 1. The van der Waals surface area contributed by atoms with E-state index in [1.807, 2.05) is 24.3 Å². The number of amides is 1. The smallest absolute Gasteiger partial charge is 0.287 e. The molecule has 3 aromatic rings. The molecule has 0 bridgehead atoms. The van der Waals surface area contributed by atoms with Crippen LogP contribution in [0.5, 0.6) is 0 Å². The van der Waals surface area contributed by atoms with Gasteiger partial charge in [0.15, 0.2) is 5.76 Å². The Hall–Kier alpha value is -2.35. The lowest BCUT2D eigenvalue weighted by Crippen LogP contribution is -2.42. The number of sulfonamides is 1. The molecule has 1 aromatic heterocycles. The van der Waals surface area contributed by atoms with E-state index in [4.69, 9.17) is 16.0 Å². The Morgan fingerprint density at radius 1 is 1.12 bits per heavy atom. The Morgan fingerprint density at radius 2 is 1.79 bits per heavy atom. The summed E-state index contributed by atoms with van der Waals surface area (Å²) in [5, 5.41) is 4.19. The Morgan fingerprint density at radius 3 is 2.45 bits per heavy atom. The van der Waals surface area contributed by atoms with Crippen LogP contribution in [0.3, 0.4) is 0 Å². The Labute approximate surface area is 200 Å². The maximum atomic E-state index is 13.3. The van der Waals surface area contributed by atoms with Crippen LogP contribution in [0.25, 0.3) is 11.0 Å². The molecule has 1 N–H and O–H groups in total. The molecular weight excluding hydrogens is 460 g/mol. The van der Waals surface area contributed by atoms with Crippen LogP contribution in [0.15, 0.2) is 51.8 Å². The number of fused-ring (bicyclic) bond motifs is 1. The quantitative estimate of drug-likeness (QED) is 0.527. The molecule has 2 heterocycles. The number of nitrogens with zero attached hydrogens (tertiary/aromatic N) is 1. The van der Waals surface area contributed by atoms with Gasteiger partial charge in [0.05, 0.1) is 4.90 Å². The van der Waals surface area contributed by atoms with Gasteiger partial charge in [0.25, 0.3) is 5.91 Å². The van der Waals surface area contributed by atoms with Crippen molar-refractivity contribution in [3.05, 3.63) is 64.4 Å².